The third-order valence-electron chi connectivity index (χ3n) is 1.13. The van der Waals surface area contributed by atoms with Gasteiger partial charge in [0.15, 0.2) is 0 Å². The van der Waals surface area contributed by atoms with Crippen molar-refractivity contribution in [3.63, 3.8) is 0 Å². The largest absolute Gasteiger partial charge is 0.337 e. The SMILES string of the molecule is [NH3+]C(=O)C1=CC=CC1. The molecule has 0 heterocycles. The van der Waals surface area contributed by atoms with E-state index in [0.29, 0.717) is 0 Å². The van der Waals surface area contributed by atoms with Crippen LogP contribution >= 0.6 is 0 Å². The maximum atomic E-state index is 10.4. The van der Waals surface area contributed by atoms with Crippen LogP contribution in [0.5, 0.6) is 0 Å². The summed E-state index contributed by atoms with van der Waals surface area (Å²) < 4.78 is 0. The van der Waals surface area contributed by atoms with Crippen molar-refractivity contribution in [3.05, 3.63) is 23.8 Å². The Morgan fingerprint density at radius 3 is 2.75 bits per heavy atom. The molecular formula is C6H8NO+. The van der Waals surface area contributed by atoms with Crippen molar-refractivity contribution in [2.24, 2.45) is 0 Å². The number of quaternary nitrogens is 1. The molecule has 0 aliphatic heterocycles. The summed E-state index contributed by atoms with van der Waals surface area (Å²) in [6.45, 7) is 0. The van der Waals surface area contributed by atoms with Crippen molar-refractivity contribution in [1.82, 2.24) is 0 Å². The maximum absolute atomic E-state index is 10.4. The van der Waals surface area contributed by atoms with E-state index in [4.69, 9.17) is 0 Å². The van der Waals surface area contributed by atoms with Gasteiger partial charge < -0.3 is 0 Å². The Labute approximate surface area is 47.7 Å². The summed E-state index contributed by atoms with van der Waals surface area (Å²) in [6.07, 6.45) is 6.38. The van der Waals surface area contributed by atoms with Crippen LogP contribution in [0.4, 0.5) is 0 Å². The average molecular weight is 110 g/mol. The molecule has 0 bridgehead atoms. The number of hydrogen-bond donors (Lipinski definition) is 1. The maximum Gasteiger partial charge on any atom is 0.337 e. The van der Waals surface area contributed by atoms with E-state index in [-0.39, 0.29) is 5.91 Å². The molecular weight excluding hydrogens is 102 g/mol. The van der Waals surface area contributed by atoms with Crippen molar-refractivity contribution in [2.75, 3.05) is 0 Å². The molecule has 0 radical (unpaired) electrons. The van der Waals surface area contributed by atoms with Crippen LogP contribution in [0.1, 0.15) is 6.42 Å². The molecule has 0 fully saturated rings. The van der Waals surface area contributed by atoms with Crippen molar-refractivity contribution in [2.45, 2.75) is 6.42 Å². The van der Waals surface area contributed by atoms with Gasteiger partial charge in [-0.1, -0.05) is 12.2 Å². The van der Waals surface area contributed by atoms with Crippen LogP contribution in [-0.2, 0) is 4.79 Å². The fraction of sp³-hybridized carbons (Fsp3) is 0.167. The highest BCUT2D eigenvalue weighted by atomic mass is 16.1. The summed E-state index contributed by atoms with van der Waals surface area (Å²) in [6, 6.07) is 0. The third kappa shape index (κ3) is 0.845. The highest BCUT2D eigenvalue weighted by Crippen LogP contribution is 2.07. The number of carbonyl (C=O) groups excluding carboxylic acids is 1. The Morgan fingerprint density at radius 1 is 1.75 bits per heavy atom. The molecule has 3 N–H and O–H groups in total. The minimum absolute atomic E-state index is 0.0602. The first kappa shape index (κ1) is 5.25. The van der Waals surface area contributed by atoms with E-state index in [1.807, 2.05) is 12.2 Å². The molecule has 42 valence electrons. The fourth-order valence-corrected chi connectivity index (χ4v) is 0.654. The van der Waals surface area contributed by atoms with Crippen LogP contribution in [-0.4, -0.2) is 5.91 Å². The van der Waals surface area contributed by atoms with E-state index in [1.54, 1.807) is 6.08 Å². The molecule has 0 atom stereocenters. The van der Waals surface area contributed by atoms with Crippen molar-refractivity contribution < 1.29 is 10.5 Å². The normalized spacial score (nSPS) is 16.4. The summed E-state index contributed by atoms with van der Waals surface area (Å²) in [7, 11) is 0. The Kier molecular flexibility index (Phi) is 1.26. The van der Waals surface area contributed by atoms with Crippen LogP contribution in [0, 0.1) is 0 Å². The Bertz CT molecular complexity index is 167. The van der Waals surface area contributed by atoms with E-state index in [0.717, 1.165) is 12.0 Å². The second-order valence-corrected chi connectivity index (χ2v) is 1.75. The standard InChI is InChI=1S/C6H7NO/c7-6(8)5-3-1-2-4-5/h1-3H,4H2,(H2,7,8)/p+1. The molecule has 0 aromatic rings. The first-order valence-electron chi connectivity index (χ1n) is 2.52. The molecule has 0 spiro atoms. The molecule has 1 amide bonds. The highest BCUT2D eigenvalue weighted by Gasteiger charge is 2.07. The van der Waals surface area contributed by atoms with E-state index < -0.39 is 0 Å². The summed E-state index contributed by atoms with van der Waals surface area (Å²) >= 11 is 0. The smallest absolute Gasteiger partial charge is 0.290 e. The Hall–Kier alpha value is -0.890. The van der Waals surface area contributed by atoms with Crippen LogP contribution in [0.2, 0.25) is 0 Å². The van der Waals surface area contributed by atoms with Gasteiger partial charge in [-0.15, -0.1) is 0 Å². The molecule has 0 aromatic carbocycles. The van der Waals surface area contributed by atoms with Crippen molar-refractivity contribution in [3.8, 4) is 0 Å². The lowest BCUT2D eigenvalue weighted by Gasteiger charge is -1.84. The summed E-state index contributed by atoms with van der Waals surface area (Å²) in [5.74, 6) is -0.0602. The molecule has 8 heavy (non-hydrogen) atoms. The van der Waals surface area contributed by atoms with E-state index in [2.05, 4.69) is 5.73 Å². The van der Waals surface area contributed by atoms with Gasteiger partial charge in [0.25, 0.3) is 0 Å². The quantitative estimate of drug-likeness (QED) is 0.492. The molecule has 0 aromatic heterocycles. The topological polar surface area (TPSA) is 44.7 Å². The number of allylic oxidation sites excluding steroid dienone is 3. The van der Waals surface area contributed by atoms with Gasteiger partial charge >= 0.3 is 5.91 Å². The molecule has 0 saturated heterocycles. The average Bonchev–Trinajstić information content (AvgIpc) is 2.12. The lowest BCUT2D eigenvalue weighted by Crippen LogP contribution is -2.57. The van der Waals surface area contributed by atoms with Gasteiger partial charge in [-0.3, -0.25) is 5.73 Å². The predicted molar refractivity (Wildman–Crippen MR) is 29.7 cm³/mol. The molecule has 2 heteroatoms. The summed E-state index contributed by atoms with van der Waals surface area (Å²) in [5, 5.41) is 0. The molecule has 2 nitrogen and oxygen atoms in total. The van der Waals surface area contributed by atoms with Gasteiger partial charge in [-0.25, -0.2) is 4.79 Å². The molecule has 1 aliphatic carbocycles. The van der Waals surface area contributed by atoms with Crippen molar-refractivity contribution in [1.29, 1.82) is 0 Å². The van der Waals surface area contributed by atoms with Gasteiger partial charge in [-0.2, -0.15) is 0 Å². The van der Waals surface area contributed by atoms with Gasteiger partial charge in [0.05, 0.1) is 5.57 Å². The lowest BCUT2D eigenvalue weighted by atomic mass is 10.2. The van der Waals surface area contributed by atoms with Crippen LogP contribution in [0.15, 0.2) is 23.8 Å². The van der Waals surface area contributed by atoms with Crippen LogP contribution < -0.4 is 5.73 Å². The summed E-state index contributed by atoms with van der Waals surface area (Å²) in [5.41, 5.74) is 4.08. The highest BCUT2D eigenvalue weighted by molar-refractivity contribution is 5.86. The second-order valence-electron chi connectivity index (χ2n) is 1.75. The van der Waals surface area contributed by atoms with Crippen LogP contribution in [0.25, 0.3) is 0 Å². The van der Waals surface area contributed by atoms with E-state index in [1.165, 1.54) is 0 Å². The summed E-state index contributed by atoms with van der Waals surface area (Å²) in [4.78, 5) is 10.4. The van der Waals surface area contributed by atoms with Gasteiger partial charge in [-0.05, 0) is 6.08 Å². The van der Waals surface area contributed by atoms with E-state index in [9.17, 15) is 4.79 Å². The number of rotatable bonds is 1. The predicted octanol–water partition coefficient (Wildman–Crippen LogP) is -0.359. The minimum Gasteiger partial charge on any atom is -0.290 e. The zero-order chi connectivity index (χ0) is 5.98. The lowest BCUT2D eigenvalue weighted by molar-refractivity contribution is -0.299. The van der Waals surface area contributed by atoms with Gasteiger partial charge in [0, 0.05) is 6.42 Å². The second kappa shape index (κ2) is 1.92. The first-order valence-corrected chi connectivity index (χ1v) is 2.52. The Morgan fingerprint density at radius 2 is 2.50 bits per heavy atom. The Balaban J connectivity index is 2.64. The van der Waals surface area contributed by atoms with Crippen molar-refractivity contribution >= 4 is 5.91 Å². The molecule has 1 rings (SSSR count). The fourth-order valence-electron chi connectivity index (χ4n) is 0.654. The third-order valence-corrected chi connectivity index (χ3v) is 1.13. The first-order chi connectivity index (χ1) is 3.80. The molecule has 0 saturated carbocycles. The number of amides is 1. The number of carbonyl (C=O) groups is 1. The van der Waals surface area contributed by atoms with Crippen LogP contribution in [0.3, 0.4) is 0 Å². The number of hydrogen-bond acceptors (Lipinski definition) is 1. The molecule has 1 aliphatic rings. The zero-order valence-corrected chi connectivity index (χ0v) is 4.55. The minimum atomic E-state index is -0.0602. The van der Waals surface area contributed by atoms with E-state index >= 15 is 0 Å². The van der Waals surface area contributed by atoms with Gasteiger partial charge in [0.2, 0.25) is 0 Å². The zero-order valence-electron chi connectivity index (χ0n) is 4.55. The monoisotopic (exact) mass is 110 g/mol. The van der Waals surface area contributed by atoms with Gasteiger partial charge in [0.1, 0.15) is 0 Å². The molecule has 0 unspecified atom stereocenters.